The van der Waals surface area contributed by atoms with Crippen molar-refractivity contribution >= 4 is 11.9 Å². The molecule has 78 heavy (non-hydrogen) atoms. The number of hydrogen-bond acceptors (Lipinski definition) is 23. The Bertz CT molecular complexity index is 2030. The lowest BCUT2D eigenvalue weighted by molar-refractivity contribution is -0.334. The van der Waals surface area contributed by atoms with Gasteiger partial charge in [-0.15, -0.1) is 0 Å². The molecule has 24 atom stereocenters. The Morgan fingerprint density at radius 3 is 1.81 bits per heavy atom. The molecule has 4 rings (SSSR count). The first-order chi connectivity index (χ1) is 36.8. The Morgan fingerprint density at radius 2 is 1.21 bits per heavy atom. The van der Waals surface area contributed by atoms with Gasteiger partial charge in [0.2, 0.25) is 5.79 Å². The summed E-state index contributed by atoms with van der Waals surface area (Å²) in [7, 11) is 2.46. The zero-order chi connectivity index (χ0) is 58.0. The molecule has 0 aromatic heterocycles. The lowest BCUT2D eigenvalue weighted by atomic mass is 9.82. The van der Waals surface area contributed by atoms with Gasteiger partial charge in [0.15, 0.2) is 6.29 Å². The second kappa shape index (κ2) is 32.1. The molecule has 0 amide bonds. The van der Waals surface area contributed by atoms with E-state index >= 15 is 0 Å². The lowest BCUT2D eigenvalue weighted by Crippen LogP contribution is -2.69. The number of cyclic esters (lactones) is 1. The molecule has 2 bridgehead atoms. The van der Waals surface area contributed by atoms with Crippen molar-refractivity contribution in [2.24, 2.45) is 17.8 Å². The Balaban J connectivity index is 1.62. The number of carbonyl (C=O) groups is 2. The number of hydrogen-bond donors (Lipinski definition) is 14. The number of rotatable bonds is 6. The molecular formula is C55H87NO22. The molecule has 0 radical (unpaired) electrons. The van der Waals surface area contributed by atoms with Crippen LogP contribution in [0, 0.1) is 17.8 Å². The van der Waals surface area contributed by atoms with Crippen molar-refractivity contribution in [3.63, 3.8) is 0 Å². The SMILES string of the molecule is COC(=O)[C@@H]1[C@@H](O)[C@H](O)C2CC(O)CC(O)[C@H](O)CCC(O)CC(O)CC(=O)O[C@@H](C)C(C)C(O)[C@@H](C)/C=C/C=C/C=C/C=C/C=C/C=C/C=C/C(OC3OC(C)C(O)C(N(C)C[C@@]4(O)OCC(O)[C@H](O)[C@H]4O)C3O)C[C@@H]1O2. The normalized spacial score (nSPS) is 45.9. The molecule has 0 saturated carbocycles. The van der Waals surface area contributed by atoms with Gasteiger partial charge in [0.1, 0.15) is 42.5 Å². The van der Waals surface area contributed by atoms with Crippen molar-refractivity contribution < 1.29 is 110 Å². The summed E-state index contributed by atoms with van der Waals surface area (Å²) >= 11 is 0. The summed E-state index contributed by atoms with van der Waals surface area (Å²) in [6.07, 6.45) is -5.24. The number of nitrogens with zero attached hydrogens (tertiary/aromatic N) is 1. The van der Waals surface area contributed by atoms with Crippen LogP contribution in [0.1, 0.15) is 72.6 Å². The molecule has 4 aliphatic rings. The Labute approximate surface area is 455 Å². The third-order valence-corrected chi connectivity index (χ3v) is 14.9. The molecule has 3 saturated heterocycles. The first-order valence-electron chi connectivity index (χ1n) is 26.6. The van der Waals surface area contributed by atoms with Gasteiger partial charge in [-0.05, 0) is 40.2 Å². The minimum Gasteiger partial charge on any atom is -0.469 e. The number of carbonyl (C=O) groups excluding carboxylic acids is 2. The molecule has 14 unspecified atom stereocenters. The van der Waals surface area contributed by atoms with Gasteiger partial charge in [-0.3, -0.25) is 14.5 Å². The number of fused-ring (bicyclic) bond motifs is 2. The quantitative estimate of drug-likeness (QED) is 0.131. The van der Waals surface area contributed by atoms with Gasteiger partial charge in [0.25, 0.3) is 0 Å². The fraction of sp³-hybridized carbons (Fsp3) is 0.709. The van der Waals surface area contributed by atoms with Gasteiger partial charge in [0, 0.05) is 31.1 Å². The molecule has 0 spiro atoms. The average Bonchev–Trinajstić information content (AvgIpc) is 3.43. The molecule has 14 N–H and O–H groups in total. The summed E-state index contributed by atoms with van der Waals surface area (Å²) < 4.78 is 34.4. The highest BCUT2D eigenvalue weighted by Crippen LogP contribution is 2.36. The van der Waals surface area contributed by atoms with Gasteiger partial charge in [-0.25, -0.2) is 0 Å². The van der Waals surface area contributed by atoms with Gasteiger partial charge in [0.05, 0.1) is 106 Å². The van der Waals surface area contributed by atoms with E-state index in [4.69, 9.17) is 28.4 Å². The van der Waals surface area contributed by atoms with Gasteiger partial charge in [-0.2, -0.15) is 0 Å². The van der Waals surface area contributed by atoms with Gasteiger partial charge in [-0.1, -0.05) is 98.9 Å². The number of allylic oxidation sites excluding steroid dienone is 12. The standard InChI is InChI=1S/C55H87NO22/c1-30-19-17-15-13-11-9-7-8-10-12-14-16-18-20-37(77-54-51(69)45(47(65)33(4)76-54)56(5)29-55(72)52(70)48(66)40(62)28-74-55)27-41-44(53(71)73-6)50(68)49(67)42(78-41)25-36(59)24-39(61)38(60)22-21-34(57)23-35(58)26-43(63)75-32(3)31(2)46(30)64/h7-20,30-42,44-52,54,57-62,64-70,72H,21-29H2,1-6H3/b8-7+,11-9+,12-10+,15-13+,16-14+,19-17+,20-18+/t30-,31?,32-,33?,34?,35?,36?,37?,38+,39?,40?,41-,42?,44-,45?,46?,47?,48-,49+,50+,51?,52+,54?,55+/m0/s1. The van der Waals surface area contributed by atoms with Crippen molar-refractivity contribution in [1.29, 1.82) is 0 Å². The number of ether oxygens (including phenoxy) is 6. The molecular weight excluding hydrogens is 1030 g/mol. The predicted octanol–water partition coefficient (Wildman–Crippen LogP) is -1.77. The second-order valence-electron chi connectivity index (χ2n) is 21.1. The minimum atomic E-state index is -2.45. The lowest BCUT2D eigenvalue weighted by Gasteiger charge is -2.49. The summed E-state index contributed by atoms with van der Waals surface area (Å²) in [5, 5.41) is 153. The van der Waals surface area contributed by atoms with E-state index in [9.17, 15) is 81.1 Å². The molecule has 4 aliphatic heterocycles. The number of likely N-dealkylation sites (N-methyl/N-ethyl adjacent to an activating group) is 1. The van der Waals surface area contributed by atoms with E-state index in [2.05, 4.69) is 0 Å². The van der Waals surface area contributed by atoms with E-state index in [0.717, 1.165) is 7.11 Å². The van der Waals surface area contributed by atoms with E-state index in [1.165, 1.54) is 24.9 Å². The van der Waals surface area contributed by atoms with Crippen LogP contribution in [0.5, 0.6) is 0 Å². The van der Waals surface area contributed by atoms with Crippen molar-refractivity contribution in [3.05, 3.63) is 85.1 Å². The Morgan fingerprint density at radius 1 is 0.615 bits per heavy atom. The molecule has 0 aromatic rings. The van der Waals surface area contributed by atoms with Gasteiger partial charge >= 0.3 is 11.9 Å². The van der Waals surface area contributed by atoms with E-state index in [1.807, 2.05) is 13.0 Å². The number of methoxy groups -OCH3 is 1. The van der Waals surface area contributed by atoms with Crippen LogP contribution >= 0.6 is 0 Å². The van der Waals surface area contributed by atoms with Crippen LogP contribution in [0.15, 0.2) is 85.1 Å². The second-order valence-corrected chi connectivity index (χ2v) is 21.1. The summed E-state index contributed by atoms with van der Waals surface area (Å²) in [4.78, 5) is 27.3. The highest BCUT2D eigenvalue weighted by molar-refractivity contribution is 5.74. The Kier molecular flexibility index (Phi) is 27.5. The van der Waals surface area contributed by atoms with Crippen LogP contribution in [0.2, 0.25) is 0 Å². The topological polar surface area (TPSA) is 376 Å². The monoisotopic (exact) mass is 1110 g/mol. The highest BCUT2D eigenvalue weighted by Gasteiger charge is 2.54. The summed E-state index contributed by atoms with van der Waals surface area (Å²) in [5.41, 5.74) is 0. The van der Waals surface area contributed by atoms with Gasteiger partial charge < -0.3 is 99.9 Å². The molecule has 444 valence electrons. The summed E-state index contributed by atoms with van der Waals surface area (Å²) in [6, 6.07) is -1.28. The third kappa shape index (κ3) is 19.5. The number of aliphatic hydroxyl groups excluding tert-OH is 13. The van der Waals surface area contributed by atoms with Crippen molar-refractivity contribution in [1.82, 2.24) is 4.90 Å². The van der Waals surface area contributed by atoms with Crippen molar-refractivity contribution in [3.8, 4) is 0 Å². The molecule has 0 aliphatic carbocycles. The molecule has 3 fully saturated rings. The van der Waals surface area contributed by atoms with E-state index in [1.54, 1.807) is 86.8 Å². The highest BCUT2D eigenvalue weighted by atomic mass is 16.7. The van der Waals surface area contributed by atoms with Crippen LogP contribution in [-0.2, 0) is 38.0 Å². The fourth-order valence-corrected chi connectivity index (χ4v) is 9.95. The largest absolute Gasteiger partial charge is 0.469 e. The van der Waals surface area contributed by atoms with Crippen molar-refractivity contribution in [2.45, 2.75) is 201 Å². The van der Waals surface area contributed by atoms with E-state index in [-0.39, 0.29) is 31.6 Å². The molecule has 4 heterocycles. The first kappa shape index (κ1) is 66.9. The van der Waals surface area contributed by atoms with Crippen LogP contribution in [0.3, 0.4) is 0 Å². The van der Waals surface area contributed by atoms with Crippen LogP contribution in [-0.4, -0.2) is 244 Å². The maximum Gasteiger partial charge on any atom is 0.314 e. The zero-order valence-electron chi connectivity index (χ0n) is 45.2. The first-order valence-corrected chi connectivity index (χ1v) is 26.6. The van der Waals surface area contributed by atoms with Crippen LogP contribution in [0.25, 0.3) is 0 Å². The third-order valence-electron chi connectivity index (χ3n) is 14.9. The summed E-state index contributed by atoms with van der Waals surface area (Å²) in [5.74, 6) is -6.49. The average molecular weight is 1110 g/mol. The zero-order valence-corrected chi connectivity index (χ0v) is 45.2. The van der Waals surface area contributed by atoms with Crippen molar-refractivity contribution in [2.75, 3.05) is 27.3 Å². The fourth-order valence-electron chi connectivity index (χ4n) is 9.95. The summed E-state index contributed by atoms with van der Waals surface area (Å²) in [6.45, 7) is 5.56. The minimum absolute atomic E-state index is 0.121. The number of aliphatic hydroxyl groups is 14. The molecule has 23 heteroatoms. The smallest absolute Gasteiger partial charge is 0.314 e. The Hall–Kier alpha value is -3.64. The van der Waals surface area contributed by atoms with Crippen LogP contribution < -0.4 is 0 Å². The maximum atomic E-state index is 13.3. The number of esters is 2. The maximum absolute atomic E-state index is 13.3. The van der Waals surface area contributed by atoms with E-state index in [0.29, 0.717) is 0 Å². The predicted molar refractivity (Wildman–Crippen MR) is 279 cm³/mol. The van der Waals surface area contributed by atoms with E-state index < -0.39 is 184 Å². The van der Waals surface area contributed by atoms with Crippen LogP contribution in [0.4, 0.5) is 0 Å². The molecule has 0 aromatic carbocycles. The molecule has 23 nitrogen and oxygen atoms in total.